The lowest BCUT2D eigenvalue weighted by Crippen LogP contribution is -2.31. The Hall–Kier alpha value is -3.36. The van der Waals surface area contributed by atoms with Crippen LogP contribution in [0.3, 0.4) is 0 Å². The van der Waals surface area contributed by atoms with Crippen LogP contribution < -0.4 is 11.1 Å². The number of aliphatic hydroxyl groups excluding tert-OH is 2. The third kappa shape index (κ3) is 4.12. The Kier molecular flexibility index (Phi) is 5.92. The molecule has 0 bridgehead atoms. The van der Waals surface area contributed by atoms with Gasteiger partial charge in [-0.3, -0.25) is 5.10 Å². The molecule has 1 aliphatic carbocycles. The smallest absolute Gasteiger partial charge is 0.407 e. The Labute approximate surface area is 180 Å². The van der Waals surface area contributed by atoms with E-state index in [0.29, 0.717) is 11.3 Å². The van der Waals surface area contributed by atoms with E-state index < -0.39 is 18.3 Å². The predicted octanol–water partition coefficient (Wildman–Crippen LogP) is 2.62. The van der Waals surface area contributed by atoms with Crippen LogP contribution in [-0.4, -0.2) is 45.8 Å². The zero-order valence-corrected chi connectivity index (χ0v) is 17.2. The summed E-state index contributed by atoms with van der Waals surface area (Å²) in [6.45, 7) is 2.07. The summed E-state index contributed by atoms with van der Waals surface area (Å²) in [6, 6.07) is 16.3. The van der Waals surface area contributed by atoms with E-state index in [-0.39, 0.29) is 31.3 Å². The highest BCUT2D eigenvalue weighted by molar-refractivity contribution is 5.79. The van der Waals surface area contributed by atoms with E-state index in [1.54, 1.807) is 6.92 Å². The van der Waals surface area contributed by atoms with Gasteiger partial charge in [0.1, 0.15) is 12.7 Å². The first-order valence-electron chi connectivity index (χ1n) is 10.2. The molecule has 0 saturated carbocycles. The van der Waals surface area contributed by atoms with Gasteiger partial charge in [-0.15, -0.1) is 0 Å². The van der Waals surface area contributed by atoms with Crippen molar-refractivity contribution in [1.82, 2.24) is 15.5 Å². The summed E-state index contributed by atoms with van der Waals surface area (Å²) in [5.74, 6) is 0.131. The molecule has 6 N–H and O–H groups in total. The fourth-order valence-electron chi connectivity index (χ4n) is 4.15. The number of aromatic nitrogens is 2. The molecular formula is C23H26N4O4. The molecule has 1 amide bonds. The van der Waals surface area contributed by atoms with Crippen molar-refractivity contribution in [3.8, 4) is 11.1 Å². The lowest BCUT2D eigenvalue weighted by molar-refractivity contribution is 0.0137. The van der Waals surface area contributed by atoms with Gasteiger partial charge >= 0.3 is 6.09 Å². The number of aromatic amines is 1. The molecule has 2 aromatic carbocycles. The number of hydrogen-bond acceptors (Lipinski definition) is 6. The molecule has 162 valence electrons. The number of hydrogen-bond donors (Lipinski definition) is 5. The summed E-state index contributed by atoms with van der Waals surface area (Å²) in [5.41, 5.74) is 11.3. The van der Waals surface area contributed by atoms with E-state index >= 15 is 0 Å². The summed E-state index contributed by atoms with van der Waals surface area (Å²) in [7, 11) is 0. The number of amides is 1. The Morgan fingerprint density at radius 2 is 1.77 bits per heavy atom. The van der Waals surface area contributed by atoms with Crippen molar-refractivity contribution in [2.45, 2.75) is 31.5 Å². The molecule has 0 saturated heterocycles. The summed E-state index contributed by atoms with van der Waals surface area (Å²) in [6.07, 6.45) is -2.73. The number of nitrogens with one attached hydrogen (secondary N) is 2. The van der Waals surface area contributed by atoms with E-state index in [4.69, 9.17) is 10.5 Å². The average molecular weight is 422 g/mol. The molecule has 31 heavy (non-hydrogen) atoms. The number of carbonyl (C=O) groups is 1. The quantitative estimate of drug-likeness (QED) is 0.397. The molecule has 1 heterocycles. The maximum absolute atomic E-state index is 12.2. The standard InChI is InChI=1S/C23H26N4O4/c1-13-20(22(24)27-26-13)21(29)19(28)10-11-25-23(30)31-12-18-16-8-4-2-6-14(16)15-7-3-5-9-17(15)18/h2-9,18-19,21,28-29H,10-12H2,1H3,(H,25,30)(H3,24,26,27). The predicted molar refractivity (Wildman–Crippen MR) is 116 cm³/mol. The minimum absolute atomic E-state index is 0.0161. The zero-order valence-electron chi connectivity index (χ0n) is 17.2. The van der Waals surface area contributed by atoms with Crippen LogP contribution in [0, 0.1) is 6.92 Å². The maximum Gasteiger partial charge on any atom is 0.407 e. The van der Waals surface area contributed by atoms with Gasteiger partial charge in [-0.05, 0) is 35.6 Å². The number of H-pyrrole nitrogens is 1. The van der Waals surface area contributed by atoms with Crippen molar-refractivity contribution in [3.05, 3.63) is 70.9 Å². The lowest BCUT2D eigenvalue weighted by Gasteiger charge is -2.18. The van der Waals surface area contributed by atoms with Gasteiger partial charge in [0, 0.05) is 23.7 Å². The van der Waals surface area contributed by atoms with Crippen molar-refractivity contribution in [3.63, 3.8) is 0 Å². The number of benzene rings is 2. The molecule has 0 aliphatic heterocycles. The Balaban J connectivity index is 1.29. The van der Waals surface area contributed by atoms with Crippen LogP contribution >= 0.6 is 0 Å². The second kappa shape index (κ2) is 8.79. The number of fused-ring (bicyclic) bond motifs is 3. The van der Waals surface area contributed by atoms with Crippen LogP contribution in [0.1, 0.15) is 40.8 Å². The van der Waals surface area contributed by atoms with Crippen molar-refractivity contribution < 1.29 is 19.7 Å². The second-order valence-corrected chi connectivity index (χ2v) is 7.70. The molecular weight excluding hydrogens is 396 g/mol. The minimum atomic E-state index is -1.19. The van der Waals surface area contributed by atoms with Crippen molar-refractivity contribution in [1.29, 1.82) is 0 Å². The van der Waals surface area contributed by atoms with E-state index in [2.05, 4.69) is 39.8 Å². The van der Waals surface area contributed by atoms with Crippen LogP contribution in [-0.2, 0) is 4.74 Å². The summed E-state index contributed by atoms with van der Waals surface area (Å²) < 4.78 is 5.46. The Morgan fingerprint density at radius 3 is 2.35 bits per heavy atom. The molecule has 0 fully saturated rings. The largest absolute Gasteiger partial charge is 0.449 e. The number of aryl methyl sites for hydroxylation is 1. The van der Waals surface area contributed by atoms with Gasteiger partial charge < -0.3 is 26.0 Å². The monoisotopic (exact) mass is 422 g/mol. The highest BCUT2D eigenvalue weighted by Gasteiger charge is 2.29. The van der Waals surface area contributed by atoms with Gasteiger partial charge in [0.2, 0.25) is 0 Å². The number of nitrogens with zero attached hydrogens (tertiary/aromatic N) is 1. The number of rotatable bonds is 7. The van der Waals surface area contributed by atoms with Crippen molar-refractivity contribution >= 4 is 11.9 Å². The number of aliphatic hydroxyl groups is 2. The third-order valence-electron chi connectivity index (χ3n) is 5.74. The highest BCUT2D eigenvalue weighted by Crippen LogP contribution is 2.44. The number of alkyl carbamates (subject to hydrolysis) is 1. The Morgan fingerprint density at radius 1 is 1.16 bits per heavy atom. The van der Waals surface area contributed by atoms with Crippen LogP contribution in [0.25, 0.3) is 11.1 Å². The third-order valence-corrected chi connectivity index (χ3v) is 5.74. The molecule has 0 spiro atoms. The number of nitrogens with two attached hydrogens (primary N) is 1. The van der Waals surface area contributed by atoms with E-state index in [0.717, 1.165) is 22.3 Å². The van der Waals surface area contributed by atoms with Gasteiger partial charge in [-0.25, -0.2) is 4.79 Å². The molecule has 1 aromatic heterocycles. The van der Waals surface area contributed by atoms with E-state index in [1.165, 1.54) is 0 Å². The first-order chi connectivity index (χ1) is 15.0. The summed E-state index contributed by atoms with van der Waals surface area (Å²) in [4.78, 5) is 12.2. The van der Waals surface area contributed by atoms with Crippen LogP contribution in [0.4, 0.5) is 10.6 Å². The maximum atomic E-state index is 12.2. The van der Waals surface area contributed by atoms with Gasteiger partial charge in [-0.1, -0.05) is 48.5 Å². The van der Waals surface area contributed by atoms with Crippen LogP contribution in [0.15, 0.2) is 48.5 Å². The number of nitrogen functional groups attached to an aromatic ring is 1. The van der Waals surface area contributed by atoms with E-state index in [9.17, 15) is 15.0 Å². The van der Waals surface area contributed by atoms with Gasteiger partial charge in [0.15, 0.2) is 5.82 Å². The fraction of sp³-hybridized carbons (Fsp3) is 0.304. The second-order valence-electron chi connectivity index (χ2n) is 7.70. The first kappa shape index (κ1) is 20.9. The van der Waals surface area contributed by atoms with Crippen molar-refractivity contribution in [2.24, 2.45) is 0 Å². The molecule has 4 rings (SSSR count). The Bertz CT molecular complexity index is 1020. The minimum Gasteiger partial charge on any atom is -0.449 e. The first-order valence-corrected chi connectivity index (χ1v) is 10.2. The van der Waals surface area contributed by atoms with E-state index in [1.807, 2.05) is 24.3 Å². The number of ether oxygens (including phenoxy) is 1. The highest BCUT2D eigenvalue weighted by atomic mass is 16.5. The van der Waals surface area contributed by atoms with Crippen LogP contribution in [0.2, 0.25) is 0 Å². The molecule has 2 unspecified atom stereocenters. The summed E-state index contributed by atoms with van der Waals surface area (Å²) in [5, 5.41) is 29.6. The van der Waals surface area contributed by atoms with Gasteiger partial charge in [0.25, 0.3) is 0 Å². The van der Waals surface area contributed by atoms with Crippen LogP contribution in [0.5, 0.6) is 0 Å². The normalized spacial score (nSPS) is 14.5. The van der Waals surface area contributed by atoms with Gasteiger partial charge in [-0.2, -0.15) is 5.10 Å². The van der Waals surface area contributed by atoms with Crippen molar-refractivity contribution in [2.75, 3.05) is 18.9 Å². The zero-order chi connectivity index (χ0) is 22.0. The lowest BCUT2D eigenvalue weighted by atomic mass is 9.98. The topological polar surface area (TPSA) is 133 Å². The van der Waals surface area contributed by atoms with Gasteiger partial charge in [0.05, 0.1) is 6.10 Å². The molecule has 0 radical (unpaired) electrons. The molecule has 1 aliphatic rings. The fourth-order valence-corrected chi connectivity index (χ4v) is 4.15. The molecule has 2 atom stereocenters. The number of carbonyl (C=O) groups excluding carboxylic acids is 1. The molecule has 8 heteroatoms. The number of anilines is 1. The SMILES string of the molecule is Cc1[nH]nc(N)c1C(O)C(O)CCNC(=O)OCC1c2ccccc2-c2ccccc21. The molecule has 8 nitrogen and oxygen atoms in total. The average Bonchev–Trinajstić information content (AvgIpc) is 3.28. The molecule has 3 aromatic rings. The summed E-state index contributed by atoms with van der Waals surface area (Å²) >= 11 is 0.